The van der Waals surface area contributed by atoms with Crippen LogP contribution in [0.25, 0.3) is 0 Å². The third-order valence-corrected chi connectivity index (χ3v) is 3.26. The molecule has 1 saturated heterocycles. The molecule has 1 unspecified atom stereocenters. The Morgan fingerprint density at radius 2 is 2.25 bits per heavy atom. The van der Waals surface area contributed by atoms with Crippen LogP contribution < -0.4 is 5.32 Å². The van der Waals surface area contributed by atoms with Crippen LogP contribution in [0.1, 0.15) is 12.5 Å². The highest BCUT2D eigenvalue weighted by molar-refractivity contribution is 8.15. The molecule has 84 valence electrons. The average molecular weight is 238 g/mol. The molecule has 1 amide bonds. The number of benzene rings is 1. The molecule has 0 radical (unpaired) electrons. The maximum atomic E-state index is 13.3. The fourth-order valence-electron chi connectivity index (χ4n) is 1.32. The molecule has 1 aromatic carbocycles. The highest BCUT2D eigenvalue weighted by Gasteiger charge is 2.25. The number of nitrogens with zero attached hydrogens (tertiary/aromatic N) is 1. The first-order valence-corrected chi connectivity index (χ1v) is 5.80. The summed E-state index contributed by atoms with van der Waals surface area (Å²) >= 11 is 1.37. The van der Waals surface area contributed by atoms with Gasteiger partial charge in [0.2, 0.25) is 5.91 Å². The Hall–Kier alpha value is -1.36. The Labute approximate surface area is 97.1 Å². The molecule has 5 heteroatoms. The maximum Gasteiger partial charge on any atom is 0.239 e. The molecule has 0 spiro atoms. The van der Waals surface area contributed by atoms with E-state index in [9.17, 15) is 9.18 Å². The van der Waals surface area contributed by atoms with Crippen molar-refractivity contribution < 1.29 is 9.18 Å². The summed E-state index contributed by atoms with van der Waals surface area (Å²) in [6.45, 7) is 2.06. The Morgan fingerprint density at radius 1 is 1.50 bits per heavy atom. The SMILES string of the molecule is CC1SC(=NCc2ccccc2F)NC1=O. The number of halogens is 1. The number of nitrogens with one attached hydrogen (secondary N) is 1. The second-order valence-corrected chi connectivity index (χ2v) is 4.79. The molecule has 16 heavy (non-hydrogen) atoms. The van der Waals surface area contributed by atoms with Crippen LogP contribution in [0.15, 0.2) is 29.3 Å². The van der Waals surface area contributed by atoms with Gasteiger partial charge in [0.15, 0.2) is 5.17 Å². The lowest BCUT2D eigenvalue weighted by molar-refractivity contribution is -0.118. The normalized spacial score (nSPS) is 22.5. The fraction of sp³-hybridized carbons (Fsp3) is 0.273. The van der Waals surface area contributed by atoms with Crippen molar-refractivity contribution in [1.29, 1.82) is 0 Å². The van der Waals surface area contributed by atoms with Crippen LogP contribution in [0.2, 0.25) is 0 Å². The monoisotopic (exact) mass is 238 g/mol. The van der Waals surface area contributed by atoms with Crippen molar-refractivity contribution in [1.82, 2.24) is 5.32 Å². The summed E-state index contributed by atoms with van der Waals surface area (Å²) in [4.78, 5) is 15.3. The van der Waals surface area contributed by atoms with Crippen LogP contribution in [0.5, 0.6) is 0 Å². The highest BCUT2D eigenvalue weighted by Crippen LogP contribution is 2.19. The van der Waals surface area contributed by atoms with Crippen LogP contribution in [0.3, 0.4) is 0 Å². The van der Waals surface area contributed by atoms with Gasteiger partial charge in [-0.15, -0.1) is 0 Å². The standard InChI is InChI=1S/C11H11FN2OS/c1-7-10(15)14-11(16-7)13-6-8-4-2-3-5-9(8)12/h2-5,7H,6H2,1H3,(H,13,14,15). The maximum absolute atomic E-state index is 13.3. The molecule has 1 atom stereocenters. The van der Waals surface area contributed by atoms with Crippen molar-refractivity contribution in [2.45, 2.75) is 18.7 Å². The first-order chi connectivity index (χ1) is 7.66. The van der Waals surface area contributed by atoms with Gasteiger partial charge in [-0.1, -0.05) is 30.0 Å². The minimum absolute atomic E-state index is 0.0442. The van der Waals surface area contributed by atoms with E-state index in [0.717, 1.165) is 0 Å². The minimum atomic E-state index is -0.269. The van der Waals surface area contributed by atoms with Crippen molar-refractivity contribution >= 4 is 22.8 Å². The van der Waals surface area contributed by atoms with Crippen LogP contribution in [0, 0.1) is 5.82 Å². The van der Waals surface area contributed by atoms with E-state index < -0.39 is 0 Å². The minimum Gasteiger partial charge on any atom is -0.304 e. The molecule has 1 fully saturated rings. The number of hydrogen-bond donors (Lipinski definition) is 1. The van der Waals surface area contributed by atoms with Crippen LogP contribution in [0.4, 0.5) is 4.39 Å². The van der Waals surface area contributed by atoms with Gasteiger partial charge in [-0.25, -0.2) is 4.39 Å². The Morgan fingerprint density at radius 3 is 2.88 bits per heavy atom. The number of amidine groups is 1. The number of amides is 1. The highest BCUT2D eigenvalue weighted by atomic mass is 32.2. The summed E-state index contributed by atoms with van der Waals surface area (Å²) in [5.74, 6) is -0.313. The molecule has 0 aromatic heterocycles. The first kappa shape index (κ1) is 11.1. The molecule has 3 nitrogen and oxygen atoms in total. The lowest BCUT2D eigenvalue weighted by atomic mass is 10.2. The third kappa shape index (κ3) is 2.41. The molecule has 0 bridgehead atoms. The van der Waals surface area contributed by atoms with E-state index in [2.05, 4.69) is 10.3 Å². The van der Waals surface area contributed by atoms with Gasteiger partial charge in [-0.05, 0) is 13.0 Å². The summed E-state index contributed by atoms with van der Waals surface area (Å²) < 4.78 is 13.3. The second kappa shape index (κ2) is 4.65. The number of aliphatic imine (C=N–C) groups is 1. The van der Waals surface area contributed by atoms with Crippen LogP contribution >= 0.6 is 11.8 Å². The van der Waals surface area contributed by atoms with E-state index in [1.54, 1.807) is 18.2 Å². The number of rotatable bonds is 2. The number of hydrogen-bond acceptors (Lipinski definition) is 3. The van der Waals surface area contributed by atoms with Crippen molar-refractivity contribution in [2.75, 3.05) is 0 Å². The van der Waals surface area contributed by atoms with E-state index in [-0.39, 0.29) is 23.5 Å². The molecule has 1 aliphatic rings. The molecule has 1 aromatic rings. The summed E-state index contributed by atoms with van der Waals surface area (Å²) in [6.07, 6.45) is 0. The van der Waals surface area contributed by atoms with Gasteiger partial charge in [-0.2, -0.15) is 0 Å². The smallest absolute Gasteiger partial charge is 0.239 e. The largest absolute Gasteiger partial charge is 0.304 e. The van der Waals surface area contributed by atoms with Gasteiger partial charge in [0.25, 0.3) is 0 Å². The van der Waals surface area contributed by atoms with Gasteiger partial charge >= 0.3 is 0 Å². The lowest BCUT2D eigenvalue weighted by Crippen LogP contribution is -2.23. The van der Waals surface area contributed by atoms with E-state index in [1.165, 1.54) is 17.8 Å². The van der Waals surface area contributed by atoms with Crippen molar-refractivity contribution in [3.05, 3.63) is 35.6 Å². The molecule has 1 heterocycles. The Balaban J connectivity index is 2.05. The van der Waals surface area contributed by atoms with Crippen molar-refractivity contribution in [2.24, 2.45) is 4.99 Å². The Bertz CT molecular complexity index is 447. The van der Waals surface area contributed by atoms with Crippen molar-refractivity contribution in [3.8, 4) is 0 Å². The summed E-state index contributed by atoms with van der Waals surface area (Å²) in [5.41, 5.74) is 0.532. The molecule has 1 N–H and O–H groups in total. The summed E-state index contributed by atoms with van der Waals surface area (Å²) in [5, 5.41) is 3.10. The van der Waals surface area contributed by atoms with E-state index >= 15 is 0 Å². The van der Waals surface area contributed by atoms with E-state index in [0.29, 0.717) is 10.7 Å². The predicted octanol–water partition coefficient (Wildman–Crippen LogP) is 1.93. The summed E-state index contributed by atoms with van der Waals surface area (Å²) in [6, 6.07) is 6.49. The van der Waals surface area contributed by atoms with Gasteiger partial charge < -0.3 is 5.32 Å². The van der Waals surface area contributed by atoms with Crippen LogP contribution in [-0.4, -0.2) is 16.3 Å². The molecule has 0 aliphatic carbocycles. The Kier molecular flexibility index (Phi) is 3.24. The fourth-order valence-corrected chi connectivity index (χ4v) is 2.12. The lowest BCUT2D eigenvalue weighted by Gasteiger charge is -1.99. The molecule has 1 aliphatic heterocycles. The van der Waals surface area contributed by atoms with Gasteiger partial charge in [0.1, 0.15) is 5.82 Å². The average Bonchev–Trinajstić information content (AvgIpc) is 2.57. The zero-order valence-corrected chi connectivity index (χ0v) is 9.55. The topological polar surface area (TPSA) is 41.5 Å². The zero-order valence-electron chi connectivity index (χ0n) is 8.74. The molecular formula is C11H11FN2OS. The van der Waals surface area contributed by atoms with Gasteiger partial charge in [0, 0.05) is 5.56 Å². The van der Waals surface area contributed by atoms with Gasteiger partial charge in [-0.3, -0.25) is 9.79 Å². The molecule has 2 rings (SSSR count). The van der Waals surface area contributed by atoms with Crippen LogP contribution in [-0.2, 0) is 11.3 Å². The van der Waals surface area contributed by atoms with Crippen molar-refractivity contribution in [3.63, 3.8) is 0 Å². The predicted molar refractivity (Wildman–Crippen MR) is 62.7 cm³/mol. The quantitative estimate of drug-likeness (QED) is 0.855. The molecular weight excluding hydrogens is 227 g/mol. The van der Waals surface area contributed by atoms with E-state index in [4.69, 9.17) is 0 Å². The number of thioether (sulfide) groups is 1. The zero-order chi connectivity index (χ0) is 11.5. The van der Waals surface area contributed by atoms with Gasteiger partial charge in [0.05, 0.1) is 11.8 Å². The number of carbonyl (C=O) groups excluding carboxylic acids is 1. The van der Waals surface area contributed by atoms with E-state index in [1.807, 2.05) is 6.92 Å². The second-order valence-electron chi connectivity index (χ2n) is 3.46. The summed E-state index contributed by atoms with van der Waals surface area (Å²) in [7, 11) is 0. The first-order valence-electron chi connectivity index (χ1n) is 4.92. The third-order valence-electron chi connectivity index (χ3n) is 2.24. The number of carbonyl (C=O) groups is 1. The molecule has 0 saturated carbocycles.